The van der Waals surface area contributed by atoms with Gasteiger partial charge in [0, 0.05) is 26.2 Å². The highest BCUT2D eigenvalue weighted by Gasteiger charge is 2.33. The molecule has 0 N–H and O–H groups in total. The molecule has 2 fully saturated rings. The van der Waals surface area contributed by atoms with Gasteiger partial charge < -0.3 is 14.4 Å². The van der Waals surface area contributed by atoms with Crippen LogP contribution in [0.3, 0.4) is 0 Å². The fourth-order valence-corrected chi connectivity index (χ4v) is 4.18. The van der Waals surface area contributed by atoms with Gasteiger partial charge in [-0.05, 0) is 24.6 Å². The molecule has 0 aromatic heterocycles. The van der Waals surface area contributed by atoms with Crippen LogP contribution in [0.4, 0.5) is 0 Å². The van der Waals surface area contributed by atoms with E-state index in [0.717, 1.165) is 50.7 Å². The highest BCUT2D eigenvalue weighted by Crippen LogP contribution is 2.39. The summed E-state index contributed by atoms with van der Waals surface area (Å²) in [4.78, 5) is 16.6. The highest BCUT2D eigenvalue weighted by atomic mass is 32.2. The van der Waals surface area contributed by atoms with Crippen LogP contribution in [0.15, 0.2) is 24.3 Å². The summed E-state index contributed by atoms with van der Waals surface area (Å²) in [6, 6.07) is 8.11. The molecule has 1 atom stereocenters. The van der Waals surface area contributed by atoms with Crippen molar-refractivity contribution in [2.75, 3.05) is 51.8 Å². The molecule has 1 aromatic carbocycles. The van der Waals surface area contributed by atoms with E-state index in [0.29, 0.717) is 12.4 Å². The molecule has 2 aliphatic heterocycles. The second-order valence-corrected chi connectivity index (χ2v) is 6.78. The Bertz CT molecular complexity index is 534. The van der Waals surface area contributed by atoms with Gasteiger partial charge in [-0.25, -0.2) is 0 Å². The number of hydrogen-bond donors (Lipinski definition) is 0. The summed E-state index contributed by atoms with van der Waals surface area (Å²) in [7, 11) is 0. The van der Waals surface area contributed by atoms with Crippen LogP contribution in [0.2, 0.25) is 0 Å². The van der Waals surface area contributed by atoms with Crippen LogP contribution in [0.1, 0.15) is 17.9 Å². The van der Waals surface area contributed by atoms with Crippen LogP contribution in [0.5, 0.6) is 5.75 Å². The van der Waals surface area contributed by atoms with E-state index >= 15 is 0 Å². The first-order valence-electron chi connectivity index (χ1n) is 8.22. The van der Waals surface area contributed by atoms with Crippen molar-refractivity contribution in [3.63, 3.8) is 0 Å². The van der Waals surface area contributed by atoms with E-state index in [1.807, 2.05) is 24.0 Å². The Morgan fingerprint density at radius 2 is 2.13 bits per heavy atom. The van der Waals surface area contributed by atoms with Gasteiger partial charge >= 0.3 is 0 Å². The predicted octanol–water partition coefficient (Wildman–Crippen LogP) is 1.99. The summed E-state index contributed by atoms with van der Waals surface area (Å²) in [6.07, 6.45) is 0. The molecule has 0 aliphatic carbocycles. The Kier molecular flexibility index (Phi) is 5.80. The molecule has 6 heteroatoms. The van der Waals surface area contributed by atoms with Crippen molar-refractivity contribution in [3.05, 3.63) is 29.8 Å². The predicted molar refractivity (Wildman–Crippen MR) is 91.8 cm³/mol. The van der Waals surface area contributed by atoms with E-state index in [1.165, 1.54) is 0 Å². The minimum atomic E-state index is 0.101. The monoisotopic (exact) mass is 336 g/mol. The Morgan fingerprint density at radius 3 is 2.91 bits per heavy atom. The zero-order valence-corrected chi connectivity index (χ0v) is 14.4. The molecule has 0 saturated carbocycles. The lowest BCUT2D eigenvalue weighted by molar-refractivity contribution is -0.128. The highest BCUT2D eigenvalue weighted by molar-refractivity contribution is 8.00. The van der Waals surface area contributed by atoms with Crippen molar-refractivity contribution in [1.82, 2.24) is 9.80 Å². The average Bonchev–Trinajstić information content (AvgIpc) is 2.95. The molecule has 126 valence electrons. The van der Waals surface area contributed by atoms with Crippen molar-refractivity contribution in [2.24, 2.45) is 0 Å². The first-order valence-corrected chi connectivity index (χ1v) is 9.26. The lowest BCUT2D eigenvalue weighted by Gasteiger charge is -2.30. The van der Waals surface area contributed by atoms with Crippen molar-refractivity contribution in [2.45, 2.75) is 12.3 Å². The van der Waals surface area contributed by atoms with E-state index in [2.05, 4.69) is 17.0 Å². The molecule has 0 spiro atoms. The first kappa shape index (κ1) is 16.6. The van der Waals surface area contributed by atoms with Gasteiger partial charge in [0.15, 0.2) is 0 Å². The fourth-order valence-electron chi connectivity index (χ4n) is 2.97. The summed E-state index contributed by atoms with van der Waals surface area (Å²) < 4.78 is 11.0. The Hall–Kier alpha value is -1.24. The van der Waals surface area contributed by atoms with Crippen LogP contribution in [0, 0.1) is 0 Å². The summed E-state index contributed by atoms with van der Waals surface area (Å²) in [5.41, 5.74) is 1.15. The standard InChI is InChI=1S/C17H24N2O3S/c1-2-22-15-5-3-4-14(12-15)17-19(16(20)13-23-17)7-6-18-8-10-21-11-9-18/h3-5,12,17H,2,6-11,13H2,1H3. The lowest BCUT2D eigenvalue weighted by atomic mass is 10.2. The molecule has 2 heterocycles. The van der Waals surface area contributed by atoms with Gasteiger partial charge in [-0.2, -0.15) is 0 Å². The molecule has 5 nitrogen and oxygen atoms in total. The smallest absolute Gasteiger partial charge is 0.233 e. The Balaban J connectivity index is 1.65. The molecule has 23 heavy (non-hydrogen) atoms. The van der Waals surface area contributed by atoms with E-state index in [4.69, 9.17) is 9.47 Å². The molecule has 2 saturated heterocycles. The molecule has 2 aliphatic rings. The van der Waals surface area contributed by atoms with Crippen molar-refractivity contribution in [3.8, 4) is 5.75 Å². The molecular weight excluding hydrogens is 312 g/mol. The summed E-state index contributed by atoms with van der Waals surface area (Å²) in [5.74, 6) is 1.67. The normalized spacial score (nSPS) is 22.6. The SMILES string of the molecule is CCOc1cccc(C2SCC(=O)N2CCN2CCOCC2)c1. The second-order valence-electron chi connectivity index (χ2n) is 5.71. The third-order valence-corrected chi connectivity index (χ3v) is 5.44. The molecule has 1 amide bonds. The number of amides is 1. The zero-order chi connectivity index (χ0) is 16.1. The van der Waals surface area contributed by atoms with Crippen LogP contribution in [0.25, 0.3) is 0 Å². The van der Waals surface area contributed by atoms with Gasteiger partial charge in [0.05, 0.1) is 25.6 Å². The van der Waals surface area contributed by atoms with Crippen LogP contribution in [-0.4, -0.2) is 67.5 Å². The van der Waals surface area contributed by atoms with Crippen molar-refractivity contribution < 1.29 is 14.3 Å². The second kappa shape index (κ2) is 8.04. The van der Waals surface area contributed by atoms with Crippen LogP contribution in [-0.2, 0) is 9.53 Å². The maximum absolute atomic E-state index is 12.3. The molecule has 0 radical (unpaired) electrons. The third-order valence-electron chi connectivity index (χ3n) is 4.18. The minimum absolute atomic E-state index is 0.101. The number of carbonyl (C=O) groups is 1. The molecule has 3 rings (SSSR count). The molecular formula is C17H24N2O3S. The van der Waals surface area contributed by atoms with Crippen molar-refractivity contribution in [1.29, 1.82) is 0 Å². The Labute approximate surface area is 141 Å². The zero-order valence-electron chi connectivity index (χ0n) is 13.6. The minimum Gasteiger partial charge on any atom is -0.494 e. The van der Waals surface area contributed by atoms with Gasteiger partial charge in [-0.3, -0.25) is 9.69 Å². The van der Waals surface area contributed by atoms with E-state index in [9.17, 15) is 4.79 Å². The molecule has 0 bridgehead atoms. The maximum atomic E-state index is 12.3. The summed E-state index contributed by atoms with van der Waals surface area (Å²) in [5, 5.41) is 0.101. The number of benzene rings is 1. The average molecular weight is 336 g/mol. The van der Waals surface area contributed by atoms with Crippen molar-refractivity contribution >= 4 is 17.7 Å². The topological polar surface area (TPSA) is 42.0 Å². The van der Waals surface area contributed by atoms with E-state index in [-0.39, 0.29) is 11.3 Å². The van der Waals surface area contributed by atoms with Gasteiger partial charge in [0.1, 0.15) is 11.1 Å². The number of nitrogens with zero attached hydrogens (tertiary/aromatic N) is 2. The number of thioether (sulfide) groups is 1. The van der Waals surface area contributed by atoms with E-state index < -0.39 is 0 Å². The first-order chi connectivity index (χ1) is 11.3. The number of hydrogen-bond acceptors (Lipinski definition) is 5. The summed E-state index contributed by atoms with van der Waals surface area (Å²) >= 11 is 1.70. The fraction of sp³-hybridized carbons (Fsp3) is 0.588. The number of rotatable bonds is 6. The van der Waals surface area contributed by atoms with Gasteiger partial charge in [0.2, 0.25) is 5.91 Å². The number of morpholine rings is 1. The number of ether oxygens (including phenoxy) is 2. The van der Waals surface area contributed by atoms with Gasteiger partial charge in [-0.1, -0.05) is 12.1 Å². The quantitative estimate of drug-likeness (QED) is 0.795. The Morgan fingerprint density at radius 1 is 1.30 bits per heavy atom. The maximum Gasteiger partial charge on any atom is 0.233 e. The largest absolute Gasteiger partial charge is 0.494 e. The number of carbonyl (C=O) groups excluding carboxylic acids is 1. The summed E-state index contributed by atoms with van der Waals surface area (Å²) in [6.45, 7) is 7.83. The van der Waals surface area contributed by atoms with Crippen LogP contribution < -0.4 is 4.74 Å². The van der Waals surface area contributed by atoms with Gasteiger partial charge in [-0.15, -0.1) is 11.8 Å². The van der Waals surface area contributed by atoms with Gasteiger partial charge in [0.25, 0.3) is 0 Å². The molecule has 1 unspecified atom stereocenters. The van der Waals surface area contributed by atoms with Crippen LogP contribution >= 0.6 is 11.8 Å². The van der Waals surface area contributed by atoms with E-state index in [1.54, 1.807) is 11.8 Å². The lowest BCUT2D eigenvalue weighted by Crippen LogP contribution is -2.42. The molecule has 1 aromatic rings. The third kappa shape index (κ3) is 4.19.